The van der Waals surface area contributed by atoms with Crippen LogP contribution in [-0.4, -0.2) is 30.8 Å². The van der Waals surface area contributed by atoms with Gasteiger partial charge in [0.2, 0.25) is 0 Å². The molecule has 1 heterocycles. The quantitative estimate of drug-likeness (QED) is 0.123. The fourth-order valence-electron chi connectivity index (χ4n) is 4.37. The van der Waals surface area contributed by atoms with E-state index in [1.54, 1.807) is 36.4 Å². The number of sulfonamides is 1. The lowest BCUT2D eigenvalue weighted by atomic mass is 10.0. The molecule has 5 aromatic rings. The molecule has 0 fully saturated rings. The van der Waals surface area contributed by atoms with Crippen LogP contribution in [0.2, 0.25) is 0 Å². The van der Waals surface area contributed by atoms with E-state index in [0.29, 0.717) is 27.9 Å². The molecule has 0 saturated heterocycles. The first-order chi connectivity index (χ1) is 18.9. The molecule has 0 unspecified atom stereocenters. The Balaban J connectivity index is 1.58. The topological polar surface area (TPSA) is 107 Å². The summed E-state index contributed by atoms with van der Waals surface area (Å²) in [6.45, 7) is 3.87. The average Bonchev–Trinajstić information content (AvgIpc) is 3.28. The Morgan fingerprint density at radius 1 is 0.897 bits per heavy atom. The van der Waals surface area contributed by atoms with Crippen molar-refractivity contribution in [1.82, 2.24) is 10.3 Å². The molecule has 0 atom stereocenters. The minimum Gasteiger partial charge on any atom is -0.494 e. The van der Waals surface area contributed by atoms with Crippen molar-refractivity contribution >= 4 is 38.0 Å². The lowest BCUT2D eigenvalue weighted by Crippen LogP contribution is -2.13. The summed E-state index contributed by atoms with van der Waals surface area (Å²) in [4.78, 5) is 7.99. The van der Waals surface area contributed by atoms with E-state index in [1.807, 2.05) is 60.7 Å². The highest BCUT2D eigenvalue weighted by molar-refractivity contribution is 7.92. The molecule has 1 aromatic heterocycles. The van der Waals surface area contributed by atoms with E-state index < -0.39 is 10.0 Å². The second kappa shape index (κ2) is 11.6. The molecule has 4 N–H and O–H groups in total. The standard InChI is InChI=1S/C31H30N4O3S/c1-2-19-32-21-22-13-15-24(16-14-22)33-30(23-9-5-3-6-10-23)29-27-20-26(17-18-28(27)34-31(29)36)39(37,38)35-25-11-7-4-8-12-25/h3-18,20,32,34-36H,2,19,21H2,1H3. The van der Waals surface area contributed by atoms with Crippen molar-refractivity contribution in [3.63, 3.8) is 0 Å². The third-order valence-corrected chi connectivity index (χ3v) is 7.68. The predicted molar refractivity (Wildman–Crippen MR) is 157 cm³/mol. The Hall–Kier alpha value is -4.40. The van der Waals surface area contributed by atoms with Crippen LogP contribution in [0.5, 0.6) is 5.88 Å². The van der Waals surface area contributed by atoms with E-state index in [-0.39, 0.29) is 10.8 Å². The van der Waals surface area contributed by atoms with E-state index in [9.17, 15) is 13.5 Å². The summed E-state index contributed by atoms with van der Waals surface area (Å²) in [5.41, 5.74) is 4.69. The third kappa shape index (κ3) is 6.03. The van der Waals surface area contributed by atoms with Gasteiger partial charge in [0.05, 0.1) is 21.9 Å². The molecule has 0 aliphatic carbocycles. The lowest BCUT2D eigenvalue weighted by Gasteiger charge is -2.10. The molecule has 0 amide bonds. The van der Waals surface area contributed by atoms with Crippen molar-refractivity contribution in [3.05, 3.63) is 120 Å². The Morgan fingerprint density at radius 2 is 1.59 bits per heavy atom. The number of rotatable bonds is 10. The zero-order valence-electron chi connectivity index (χ0n) is 21.6. The van der Waals surface area contributed by atoms with Crippen molar-refractivity contribution in [2.24, 2.45) is 4.99 Å². The third-order valence-electron chi connectivity index (χ3n) is 6.30. The second-order valence-electron chi connectivity index (χ2n) is 9.20. The van der Waals surface area contributed by atoms with Gasteiger partial charge in [-0.1, -0.05) is 67.6 Å². The van der Waals surface area contributed by atoms with Gasteiger partial charge in [-0.05, 0) is 61.0 Å². The maximum Gasteiger partial charge on any atom is 0.261 e. The Labute approximate surface area is 228 Å². The molecule has 0 radical (unpaired) electrons. The number of nitrogens with zero attached hydrogens (tertiary/aromatic N) is 1. The van der Waals surface area contributed by atoms with Gasteiger partial charge in [-0.2, -0.15) is 0 Å². The number of aliphatic imine (C=N–C) groups is 1. The second-order valence-corrected chi connectivity index (χ2v) is 10.9. The molecular weight excluding hydrogens is 508 g/mol. The summed E-state index contributed by atoms with van der Waals surface area (Å²) in [6, 6.07) is 30.9. The summed E-state index contributed by atoms with van der Waals surface area (Å²) in [5.74, 6) is -0.0847. The fraction of sp³-hybridized carbons (Fsp3) is 0.129. The Bertz CT molecular complexity index is 1700. The Kier molecular flexibility index (Phi) is 7.76. The highest BCUT2D eigenvalue weighted by Gasteiger charge is 2.22. The van der Waals surface area contributed by atoms with Gasteiger partial charge in [-0.3, -0.25) is 4.72 Å². The van der Waals surface area contributed by atoms with E-state index >= 15 is 0 Å². The van der Waals surface area contributed by atoms with Crippen LogP contribution < -0.4 is 10.0 Å². The zero-order chi connectivity index (χ0) is 27.2. The first-order valence-corrected chi connectivity index (χ1v) is 14.3. The van der Waals surface area contributed by atoms with E-state index in [2.05, 4.69) is 21.9 Å². The van der Waals surface area contributed by atoms with Crippen molar-refractivity contribution in [3.8, 4) is 5.88 Å². The molecule has 0 saturated carbocycles. The van der Waals surface area contributed by atoms with Gasteiger partial charge >= 0.3 is 0 Å². The highest BCUT2D eigenvalue weighted by Crippen LogP contribution is 2.33. The van der Waals surface area contributed by atoms with Gasteiger partial charge in [-0.25, -0.2) is 13.4 Å². The maximum absolute atomic E-state index is 13.2. The van der Waals surface area contributed by atoms with Crippen LogP contribution in [0, 0.1) is 0 Å². The maximum atomic E-state index is 13.2. The summed E-state index contributed by atoms with van der Waals surface area (Å²) < 4.78 is 29.0. The number of hydrogen-bond donors (Lipinski definition) is 4. The summed E-state index contributed by atoms with van der Waals surface area (Å²) in [7, 11) is -3.87. The molecule has 0 bridgehead atoms. The molecule has 0 aliphatic heterocycles. The SMILES string of the molecule is CCCNCc1ccc(N=C(c2ccccc2)c2c(O)[nH]c3ccc(S(=O)(=O)Nc4ccccc4)cc23)cc1. The molecule has 0 aliphatic rings. The smallest absolute Gasteiger partial charge is 0.261 e. The van der Waals surface area contributed by atoms with Gasteiger partial charge < -0.3 is 15.4 Å². The summed E-state index contributed by atoms with van der Waals surface area (Å²) >= 11 is 0. The Morgan fingerprint density at radius 3 is 2.28 bits per heavy atom. The van der Waals surface area contributed by atoms with Gasteiger partial charge in [0.25, 0.3) is 10.0 Å². The minimum absolute atomic E-state index is 0.0791. The summed E-state index contributed by atoms with van der Waals surface area (Å²) in [6.07, 6.45) is 1.07. The van der Waals surface area contributed by atoms with Gasteiger partial charge in [0, 0.05) is 28.7 Å². The van der Waals surface area contributed by atoms with E-state index in [4.69, 9.17) is 4.99 Å². The minimum atomic E-state index is -3.87. The fourth-order valence-corrected chi connectivity index (χ4v) is 5.46. The van der Waals surface area contributed by atoms with Crippen molar-refractivity contribution < 1.29 is 13.5 Å². The summed E-state index contributed by atoms with van der Waals surface area (Å²) in [5, 5.41) is 15.0. The number of benzene rings is 4. The number of nitrogens with one attached hydrogen (secondary N) is 3. The number of anilines is 1. The van der Waals surface area contributed by atoms with Crippen molar-refractivity contribution in [2.75, 3.05) is 11.3 Å². The lowest BCUT2D eigenvalue weighted by molar-refractivity contribution is 0.457. The number of fused-ring (bicyclic) bond motifs is 1. The van der Waals surface area contributed by atoms with Crippen LogP contribution in [0.15, 0.2) is 113 Å². The van der Waals surface area contributed by atoms with E-state index in [0.717, 1.165) is 36.3 Å². The number of aromatic nitrogens is 1. The molecule has 39 heavy (non-hydrogen) atoms. The zero-order valence-corrected chi connectivity index (χ0v) is 22.4. The first kappa shape index (κ1) is 26.2. The van der Waals surface area contributed by atoms with Crippen LogP contribution in [0.25, 0.3) is 10.9 Å². The predicted octanol–water partition coefficient (Wildman–Crippen LogP) is 6.34. The van der Waals surface area contributed by atoms with E-state index in [1.165, 1.54) is 6.07 Å². The number of H-pyrrole nitrogens is 1. The molecule has 8 heteroatoms. The molecule has 5 rings (SSSR count). The normalized spacial score (nSPS) is 12.1. The molecule has 4 aromatic carbocycles. The monoisotopic (exact) mass is 538 g/mol. The van der Waals surface area contributed by atoms with Crippen LogP contribution in [0.3, 0.4) is 0 Å². The number of aromatic hydroxyl groups is 1. The van der Waals surface area contributed by atoms with Gasteiger partial charge in [-0.15, -0.1) is 0 Å². The van der Waals surface area contributed by atoms with Crippen molar-refractivity contribution in [2.45, 2.75) is 24.8 Å². The van der Waals surface area contributed by atoms with Crippen LogP contribution in [0.4, 0.5) is 11.4 Å². The van der Waals surface area contributed by atoms with Gasteiger partial charge in [0.1, 0.15) is 0 Å². The largest absolute Gasteiger partial charge is 0.494 e. The molecule has 0 spiro atoms. The number of para-hydroxylation sites is 1. The van der Waals surface area contributed by atoms with Crippen LogP contribution in [0.1, 0.15) is 30.0 Å². The molecule has 198 valence electrons. The van der Waals surface area contributed by atoms with Crippen LogP contribution in [-0.2, 0) is 16.6 Å². The molecular formula is C31H30N4O3S. The van der Waals surface area contributed by atoms with Gasteiger partial charge in [0.15, 0.2) is 5.88 Å². The van der Waals surface area contributed by atoms with Crippen LogP contribution >= 0.6 is 0 Å². The number of hydrogen-bond acceptors (Lipinski definition) is 5. The average molecular weight is 539 g/mol. The first-order valence-electron chi connectivity index (χ1n) is 12.8. The molecule has 7 nitrogen and oxygen atoms in total. The van der Waals surface area contributed by atoms with Crippen molar-refractivity contribution in [1.29, 1.82) is 0 Å². The highest BCUT2D eigenvalue weighted by atomic mass is 32.2. The number of aromatic amines is 1.